The fourth-order valence-electron chi connectivity index (χ4n) is 10.5. The summed E-state index contributed by atoms with van der Waals surface area (Å²) in [7, 11) is 0. The van der Waals surface area contributed by atoms with Crippen molar-refractivity contribution in [1.29, 1.82) is 0 Å². The van der Waals surface area contributed by atoms with Gasteiger partial charge in [0.05, 0.1) is 44.1 Å². The molecule has 14 rings (SSSR count). The number of hydrogen-bond donors (Lipinski definition) is 0. The monoisotopic (exact) mass is 868 g/mol. The molecule has 0 aliphatic rings. The van der Waals surface area contributed by atoms with Crippen LogP contribution in [0.3, 0.4) is 0 Å². The molecule has 68 heavy (non-hydrogen) atoms. The number of fused-ring (bicyclic) bond motifs is 8. The molecule has 0 aliphatic carbocycles. The summed E-state index contributed by atoms with van der Waals surface area (Å²) in [6.45, 7) is 0. The second-order valence-electron chi connectivity index (χ2n) is 17.5. The smallest absolute Gasteiger partial charge is 0.145 e. The number of rotatable bonds is 7. The van der Waals surface area contributed by atoms with Crippen molar-refractivity contribution in [3.05, 3.63) is 243 Å². The van der Waals surface area contributed by atoms with Crippen LogP contribution in [0.4, 0.5) is 0 Å². The molecule has 318 valence electrons. The third-order valence-corrected chi connectivity index (χ3v) is 13.6. The first-order chi connectivity index (χ1) is 33.7. The van der Waals surface area contributed by atoms with E-state index in [-0.39, 0.29) is 0 Å². The Labute approximate surface area is 391 Å². The molecule has 0 unspecified atom stereocenters. The van der Waals surface area contributed by atoms with E-state index in [9.17, 15) is 0 Å². The molecule has 6 nitrogen and oxygen atoms in total. The predicted molar refractivity (Wildman–Crippen MR) is 281 cm³/mol. The number of aromatic nitrogens is 6. The zero-order valence-corrected chi connectivity index (χ0v) is 36.8. The van der Waals surface area contributed by atoms with E-state index in [2.05, 4.69) is 261 Å². The third kappa shape index (κ3) is 5.91. The molecule has 0 radical (unpaired) electrons. The second kappa shape index (κ2) is 15.2. The van der Waals surface area contributed by atoms with Gasteiger partial charge in [0.1, 0.15) is 11.6 Å². The molecule has 0 saturated carbocycles. The molecule has 0 aliphatic heterocycles. The SMILES string of the molecule is c1ccc(-n2c(-c3ccc4c5ccccc5n(-c5ccc(-c6ccc(-n7c8ccccc8c8ccc(-c9nc%10ccccc%10n9-c9ccccc9)cc87)cc6)cc5)c4c3)nc3ccccc32)cc1. The van der Waals surface area contributed by atoms with E-state index in [0.717, 1.165) is 89.8 Å². The minimum Gasteiger partial charge on any atom is -0.309 e. The molecule has 6 heteroatoms. The van der Waals surface area contributed by atoms with Crippen molar-refractivity contribution >= 4 is 65.7 Å². The minimum atomic E-state index is 0.917. The second-order valence-corrected chi connectivity index (χ2v) is 17.5. The summed E-state index contributed by atoms with van der Waals surface area (Å²) in [5, 5.41) is 4.85. The molecule has 0 atom stereocenters. The maximum absolute atomic E-state index is 5.21. The maximum Gasteiger partial charge on any atom is 0.145 e. The van der Waals surface area contributed by atoms with Crippen LogP contribution < -0.4 is 0 Å². The van der Waals surface area contributed by atoms with Gasteiger partial charge in [-0.3, -0.25) is 9.13 Å². The summed E-state index contributed by atoms with van der Waals surface area (Å²) in [6, 6.07) is 86.7. The van der Waals surface area contributed by atoms with Crippen LogP contribution in [0.1, 0.15) is 0 Å². The van der Waals surface area contributed by atoms with Crippen LogP contribution in [-0.4, -0.2) is 28.2 Å². The van der Waals surface area contributed by atoms with Gasteiger partial charge in [0, 0.05) is 55.4 Å². The highest BCUT2D eigenvalue weighted by Gasteiger charge is 2.20. The molecule has 4 heterocycles. The Bertz CT molecular complexity index is 3950. The average molecular weight is 869 g/mol. The van der Waals surface area contributed by atoms with Gasteiger partial charge < -0.3 is 9.13 Å². The summed E-state index contributed by atoms with van der Waals surface area (Å²) in [6.07, 6.45) is 0. The third-order valence-electron chi connectivity index (χ3n) is 13.6. The molecule has 4 aromatic heterocycles. The predicted octanol–water partition coefficient (Wildman–Crippen LogP) is 15.6. The van der Waals surface area contributed by atoms with E-state index in [1.165, 1.54) is 32.6 Å². The van der Waals surface area contributed by atoms with Gasteiger partial charge in [0.15, 0.2) is 0 Å². The van der Waals surface area contributed by atoms with E-state index in [1.54, 1.807) is 0 Å². The molecule has 10 aromatic carbocycles. The topological polar surface area (TPSA) is 45.5 Å². The van der Waals surface area contributed by atoms with Crippen molar-refractivity contribution in [2.75, 3.05) is 0 Å². The highest BCUT2D eigenvalue weighted by atomic mass is 15.1. The van der Waals surface area contributed by atoms with E-state index in [0.29, 0.717) is 0 Å². The van der Waals surface area contributed by atoms with E-state index in [1.807, 2.05) is 0 Å². The number of benzene rings is 10. The first-order valence-electron chi connectivity index (χ1n) is 23.1. The van der Waals surface area contributed by atoms with Crippen LogP contribution in [0.2, 0.25) is 0 Å². The van der Waals surface area contributed by atoms with Crippen LogP contribution in [0.25, 0.3) is 122 Å². The summed E-state index contributed by atoms with van der Waals surface area (Å²) >= 11 is 0. The quantitative estimate of drug-likeness (QED) is 0.160. The van der Waals surface area contributed by atoms with Gasteiger partial charge in [-0.25, -0.2) is 9.97 Å². The Balaban J connectivity index is 0.848. The van der Waals surface area contributed by atoms with Gasteiger partial charge in [-0.1, -0.05) is 146 Å². The lowest BCUT2D eigenvalue weighted by molar-refractivity contribution is 1.10. The molecule has 14 aromatic rings. The lowest BCUT2D eigenvalue weighted by Crippen LogP contribution is -1.98. The summed E-state index contributed by atoms with van der Waals surface area (Å²) in [5.41, 5.74) is 17.5. The normalized spacial score (nSPS) is 11.8. The molecule has 0 spiro atoms. The van der Waals surface area contributed by atoms with Crippen molar-refractivity contribution in [2.45, 2.75) is 0 Å². The van der Waals surface area contributed by atoms with Gasteiger partial charge in [-0.2, -0.15) is 0 Å². The van der Waals surface area contributed by atoms with Crippen molar-refractivity contribution in [3.63, 3.8) is 0 Å². The Morgan fingerprint density at radius 1 is 0.221 bits per heavy atom. The molecule has 0 saturated heterocycles. The number of para-hydroxylation sites is 8. The average Bonchev–Trinajstić information content (AvgIpc) is 4.17. The van der Waals surface area contributed by atoms with Crippen LogP contribution in [0.15, 0.2) is 243 Å². The van der Waals surface area contributed by atoms with Crippen LogP contribution >= 0.6 is 0 Å². The van der Waals surface area contributed by atoms with E-state index < -0.39 is 0 Å². The fraction of sp³-hybridized carbons (Fsp3) is 0. The number of hydrogen-bond acceptors (Lipinski definition) is 2. The van der Waals surface area contributed by atoms with Crippen molar-refractivity contribution < 1.29 is 0 Å². The lowest BCUT2D eigenvalue weighted by Gasteiger charge is -2.13. The molecule has 0 bridgehead atoms. The highest BCUT2D eigenvalue weighted by molar-refractivity contribution is 6.11. The van der Waals surface area contributed by atoms with E-state index in [4.69, 9.17) is 9.97 Å². The Kier molecular flexibility index (Phi) is 8.48. The molecular weight excluding hydrogens is 829 g/mol. The molecule has 0 N–H and O–H groups in total. The van der Waals surface area contributed by atoms with Crippen molar-refractivity contribution in [2.24, 2.45) is 0 Å². The Morgan fingerprint density at radius 2 is 0.544 bits per heavy atom. The van der Waals surface area contributed by atoms with Gasteiger partial charge in [-0.15, -0.1) is 0 Å². The fourth-order valence-corrected chi connectivity index (χ4v) is 10.5. The Hall–Kier alpha value is -9.26. The van der Waals surface area contributed by atoms with Crippen molar-refractivity contribution in [3.8, 4) is 56.7 Å². The van der Waals surface area contributed by atoms with E-state index >= 15 is 0 Å². The summed E-state index contributed by atoms with van der Waals surface area (Å²) in [5.74, 6) is 1.83. The highest BCUT2D eigenvalue weighted by Crippen LogP contribution is 2.39. The summed E-state index contributed by atoms with van der Waals surface area (Å²) in [4.78, 5) is 10.4. The first kappa shape index (κ1) is 38.1. The van der Waals surface area contributed by atoms with Gasteiger partial charge in [-0.05, 0) is 108 Å². The van der Waals surface area contributed by atoms with Gasteiger partial charge in [0.2, 0.25) is 0 Å². The largest absolute Gasteiger partial charge is 0.309 e. The minimum absolute atomic E-state index is 0.917. The van der Waals surface area contributed by atoms with Crippen LogP contribution in [0, 0.1) is 0 Å². The van der Waals surface area contributed by atoms with Crippen LogP contribution in [-0.2, 0) is 0 Å². The first-order valence-corrected chi connectivity index (χ1v) is 23.1. The molecular formula is C62H40N6. The van der Waals surface area contributed by atoms with Gasteiger partial charge >= 0.3 is 0 Å². The zero-order chi connectivity index (χ0) is 44.7. The molecule has 0 fully saturated rings. The van der Waals surface area contributed by atoms with Gasteiger partial charge in [0.25, 0.3) is 0 Å². The van der Waals surface area contributed by atoms with Crippen LogP contribution in [0.5, 0.6) is 0 Å². The standard InChI is InChI=1S/C62H40N6/c1-3-15-45(16-4-1)67-57-25-13-9-21-53(57)63-61(67)43-31-37-51-49-19-7-11-23-55(49)65(59(51)39-43)47-33-27-41(28-34-47)42-29-35-48(36-30-42)66-56-24-12-8-20-50(56)52-38-32-44(40-60(52)66)62-64-54-22-10-14-26-58(54)68(62)46-17-5-2-6-18-46/h1-40H. The van der Waals surface area contributed by atoms with Crippen molar-refractivity contribution in [1.82, 2.24) is 28.2 Å². The maximum atomic E-state index is 5.21. The summed E-state index contributed by atoms with van der Waals surface area (Å²) < 4.78 is 9.32. The number of nitrogens with zero attached hydrogens (tertiary/aromatic N) is 6. The lowest BCUT2D eigenvalue weighted by atomic mass is 10.0. The Morgan fingerprint density at radius 3 is 0.971 bits per heavy atom. The molecule has 0 amide bonds. The number of imidazole rings is 2. The zero-order valence-electron chi connectivity index (χ0n) is 36.8.